The van der Waals surface area contributed by atoms with E-state index in [1.807, 2.05) is 6.92 Å². The van der Waals surface area contributed by atoms with Crippen molar-refractivity contribution in [2.45, 2.75) is 18.7 Å². The van der Waals surface area contributed by atoms with E-state index in [0.717, 1.165) is 16.7 Å². The summed E-state index contributed by atoms with van der Waals surface area (Å²) in [5, 5.41) is -0.384. The normalized spacial score (nSPS) is 15.9. The maximum atomic E-state index is 5.82. The van der Waals surface area contributed by atoms with Crippen LogP contribution in [0.2, 0.25) is 0 Å². The lowest BCUT2D eigenvalue weighted by Gasteiger charge is -2.23. The molecular weight excluding hydrogens is 186 g/mol. The van der Waals surface area contributed by atoms with Crippen molar-refractivity contribution in [2.24, 2.45) is 5.73 Å². The minimum Gasteiger partial charge on any atom is -0.382 e. The zero-order valence-electron chi connectivity index (χ0n) is 8.84. The number of methoxy groups -OCH3 is 1. The molecule has 0 aliphatic rings. The van der Waals surface area contributed by atoms with E-state index in [1.54, 1.807) is 7.11 Å². The lowest BCUT2D eigenvalue weighted by Crippen LogP contribution is -2.43. The maximum absolute atomic E-state index is 5.82. The predicted octanol–water partition coefficient (Wildman–Crippen LogP) is -0.946. The van der Waals surface area contributed by atoms with Crippen LogP contribution in [0.4, 0.5) is 0 Å². The molecule has 80 valence electrons. The van der Waals surface area contributed by atoms with Crippen molar-refractivity contribution in [2.75, 3.05) is 33.5 Å². The Morgan fingerprint density at radius 1 is 1.23 bits per heavy atom. The van der Waals surface area contributed by atoms with Crippen LogP contribution in [0.5, 0.6) is 0 Å². The van der Waals surface area contributed by atoms with Crippen molar-refractivity contribution in [1.82, 2.24) is 0 Å². The molecular formula is C8H21NO3Si. The molecule has 0 aliphatic heterocycles. The summed E-state index contributed by atoms with van der Waals surface area (Å²) in [7, 11) is 2.50. The SMILES string of the molecule is CCC(N)([SiH3])OCCOCCOC. The van der Waals surface area contributed by atoms with E-state index in [9.17, 15) is 0 Å². The summed E-state index contributed by atoms with van der Waals surface area (Å²) in [6, 6.07) is 0. The minimum absolute atomic E-state index is 0.384. The van der Waals surface area contributed by atoms with Crippen LogP contribution in [0.3, 0.4) is 0 Å². The second-order valence-corrected chi connectivity index (χ2v) is 4.81. The number of nitrogens with two attached hydrogens (primary N) is 1. The van der Waals surface area contributed by atoms with Crippen LogP contribution in [0, 0.1) is 0 Å². The smallest absolute Gasteiger partial charge is 0.0920 e. The van der Waals surface area contributed by atoms with Gasteiger partial charge in [0.2, 0.25) is 0 Å². The maximum Gasteiger partial charge on any atom is 0.0920 e. The van der Waals surface area contributed by atoms with Gasteiger partial charge >= 0.3 is 0 Å². The van der Waals surface area contributed by atoms with Gasteiger partial charge < -0.3 is 19.9 Å². The first-order chi connectivity index (χ1) is 6.12. The zero-order chi connectivity index (χ0) is 10.2. The Bertz CT molecular complexity index is 122. The van der Waals surface area contributed by atoms with Crippen LogP contribution < -0.4 is 5.73 Å². The summed E-state index contributed by atoms with van der Waals surface area (Å²) in [5.41, 5.74) is 5.82. The average molecular weight is 207 g/mol. The molecule has 0 saturated carbocycles. The van der Waals surface area contributed by atoms with Crippen molar-refractivity contribution >= 4 is 10.2 Å². The lowest BCUT2D eigenvalue weighted by atomic mass is 10.4. The van der Waals surface area contributed by atoms with Gasteiger partial charge in [0, 0.05) is 7.11 Å². The Balaban J connectivity index is 3.16. The third-order valence-corrected chi connectivity index (χ3v) is 2.79. The highest BCUT2D eigenvalue weighted by Crippen LogP contribution is 2.01. The molecule has 5 heteroatoms. The van der Waals surface area contributed by atoms with Crippen LogP contribution in [0.25, 0.3) is 0 Å². The van der Waals surface area contributed by atoms with Crippen molar-refractivity contribution in [1.29, 1.82) is 0 Å². The molecule has 0 aliphatic carbocycles. The molecule has 0 aromatic carbocycles. The fourth-order valence-electron chi connectivity index (χ4n) is 0.680. The van der Waals surface area contributed by atoms with E-state index in [1.165, 1.54) is 0 Å². The molecule has 1 atom stereocenters. The topological polar surface area (TPSA) is 53.7 Å². The van der Waals surface area contributed by atoms with Crippen LogP contribution >= 0.6 is 0 Å². The first kappa shape index (κ1) is 13.1. The second-order valence-electron chi connectivity index (χ2n) is 3.12. The van der Waals surface area contributed by atoms with E-state index >= 15 is 0 Å². The average Bonchev–Trinajstić information content (AvgIpc) is 2.11. The molecule has 1 unspecified atom stereocenters. The third-order valence-electron chi connectivity index (χ3n) is 1.79. The number of hydrogen-bond acceptors (Lipinski definition) is 4. The molecule has 0 spiro atoms. The van der Waals surface area contributed by atoms with Crippen LogP contribution in [-0.4, -0.2) is 49.1 Å². The van der Waals surface area contributed by atoms with E-state index < -0.39 is 0 Å². The largest absolute Gasteiger partial charge is 0.382 e. The molecule has 0 aromatic heterocycles. The zero-order valence-corrected chi connectivity index (χ0v) is 10.8. The summed E-state index contributed by atoms with van der Waals surface area (Å²) in [6.07, 6.45) is 0.858. The Kier molecular flexibility index (Phi) is 7.49. The van der Waals surface area contributed by atoms with E-state index in [-0.39, 0.29) is 5.35 Å². The first-order valence-electron chi connectivity index (χ1n) is 4.62. The number of ether oxygens (including phenoxy) is 3. The highest BCUT2D eigenvalue weighted by molar-refractivity contribution is 6.13. The quantitative estimate of drug-likeness (QED) is 0.317. The van der Waals surface area contributed by atoms with Gasteiger partial charge in [-0.25, -0.2) is 0 Å². The van der Waals surface area contributed by atoms with Gasteiger partial charge in [0.15, 0.2) is 0 Å². The van der Waals surface area contributed by atoms with Gasteiger partial charge in [-0.1, -0.05) is 6.92 Å². The van der Waals surface area contributed by atoms with E-state index in [2.05, 4.69) is 0 Å². The second kappa shape index (κ2) is 7.46. The van der Waals surface area contributed by atoms with Crippen molar-refractivity contribution in [3.8, 4) is 0 Å². The molecule has 0 radical (unpaired) electrons. The fourth-order valence-corrected chi connectivity index (χ4v) is 0.884. The predicted molar refractivity (Wildman–Crippen MR) is 55.8 cm³/mol. The Morgan fingerprint density at radius 3 is 2.38 bits per heavy atom. The molecule has 0 saturated heterocycles. The van der Waals surface area contributed by atoms with Gasteiger partial charge in [0.1, 0.15) is 0 Å². The first-order valence-corrected chi connectivity index (χ1v) is 5.62. The van der Waals surface area contributed by atoms with Gasteiger partial charge in [-0.15, -0.1) is 0 Å². The number of hydrogen-bond donors (Lipinski definition) is 1. The van der Waals surface area contributed by atoms with Gasteiger partial charge in [-0.2, -0.15) is 0 Å². The van der Waals surface area contributed by atoms with Gasteiger partial charge in [-0.05, 0) is 6.42 Å². The summed E-state index contributed by atoms with van der Waals surface area (Å²) >= 11 is 0. The summed E-state index contributed by atoms with van der Waals surface area (Å²) < 4.78 is 15.5. The molecule has 0 aromatic rings. The van der Waals surface area contributed by atoms with Gasteiger partial charge in [0.25, 0.3) is 0 Å². The van der Waals surface area contributed by atoms with Crippen LogP contribution in [-0.2, 0) is 14.2 Å². The molecule has 0 fully saturated rings. The third kappa shape index (κ3) is 8.39. The highest BCUT2D eigenvalue weighted by Gasteiger charge is 2.14. The van der Waals surface area contributed by atoms with Crippen LogP contribution in [0.1, 0.15) is 13.3 Å². The Labute approximate surface area is 83.1 Å². The number of rotatable bonds is 8. The fraction of sp³-hybridized carbons (Fsp3) is 1.00. The molecule has 0 heterocycles. The van der Waals surface area contributed by atoms with Crippen molar-refractivity contribution < 1.29 is 14.2 Å². The minimum atomic E-state index is -0.384. The van der Waals surface area contributed by atoms with Crippen LogP contribution in [0.15, 0.2) is 0 Å². The van der Waals surface area contributed by atoms with E-state index in [0.29, 0.717) is 26.4 Å². The summed E-state index contributed by atoms with van der Waals surface area (Å²) in [6.45, 7) is 4.42. The molecule has 2 N–H and O–H groups in total. The monoisotopic (exact) mass is 207 g/mol. The molecule has 0 bridgehead atoms. The summed E-state index contributed by atoms with van der Waals surface area (Å²) in [4.78, 5) is 0. The van der Waals surface area contributed by atoms with Crippen molar-refractivity contribution in [3.05, 3.63) is 0 Å². The molecule has 4 nitrogen and oxygen atoms in total. The highest BCUT2D eigenvalue weighted by atomic mass is 28.1. The lowest BCUT2D eigenvalue weighted by molar-refractivity contribution is -0.0249. The van der Waals surface area contributed by atoms with E-state index in [4.69, 9.17) is 19.9 Å². The Hall–Kier alpha value is 0.0569. The molecule has 0 amide bonds. The summed E-state index contributed by atoms with van der Waals surface area (Å²) in [5.74, 6) is 0. The molecule has 0 rings (SSSR count). The van der Waals surface area contributed by atoms with Crippen molar-refractivity contribution in [3.63, 3.8) is 0 Å². The van der Waals surface area contributed by atoms with Gasteiger partial charge in [0.05, 0.1) is 42.0 Å². The standard InChI is InChI=1S/C8H21NO3Si/c1-3-8(9,13)12-7-6-11-5-4-10-2/h3-7,9H2,1-2,13H3. The Morgan fingerprint density at radius 2 is 1.85 bits per heavy atom. The molecule has 13 heavy (non-hydrogen) atoms. The van der Waals surface area contributed by atoms with Gasteiger partial charge in [-0.3, -0.25) is 0 Å².